The number of hydrogen-bond donors (Lipinski definition) is 0. The average Bonchev–Trinajstić information content (AvgIpc) is 2.47. The minimum absolute atomic E-state index is 0.0756. The van der Waals surface area contributed by atoms with Crippen molar-refractivity contribution in [2.75, 3.05) is 12.9 Å². The van der Waals surface area contributed by atoms with Crippen molar-refractivity contribution in [2.24, 2.45) is 0 Å². The molecular formula is C14H13ClN2O3S. The first kappa shape index (κ1) is 15.6. The monoisotopic (exact) mass is 324 g/mol. The molecule has 0 aliphatic heterocycles. The standard InChI is InChI=1S/C14H13ClN2O3S/c1-3-6-17-13(19)10-5-4-9(15)7-11(10)16-14(17)21-8-12(18)20-2/h3-5,7H,1,6,8H2,2H3. The molecule has 21 heavy (non-hydrogen) atoms. The molecule has 2 aromatic rings. The first-order valence-corrected chi connectivity index (χ1v) is 7.43. The minimum atomic E-state index is -0.384. The third-order valence-corrected chi connectivity index (χ3v) is 3.93. The predicted molar refractivity (Wildman–Crippen MR) is 84.0 cm³/mol. The lowest BCUT2D eigenvalue weighted by atomic mass is 10.2. The highest BCUT2D eigenvalue weighted by atomic mass is 35.5. The Morgan fingerprint density at radius 3 is 3.00 bits per heavy atom. The fraction of sp³-hybridized carbons (Fsp3) is 0.214. The van der Waals surface area contributed by atoms with Crippen molar-refractivity contribution in [3.8, 4) is 0 Å². The molecule has 0 N–H and O–H groups in total. The summed E-state index contributed by atoms with van der Waals surface area (Å²) in [6, 6.07) is 4.91. The molecule has 0 aliphatic carbocycles. The van der Waals surface area contributed by atoms with Gasteiger partial charge in [-0.2, -0.15) is 0 Å². The van der Waals surface area contributed by atoms with Crippen molar-refractivity contribution in [1.29, 1.82) is 0 Å². The van der Waals surface area contributed by atoms with Gasteiger partial charge in [-0.25, -0.2) is 4.98 Å². The van der Waals surface area contributed by atoms with Gasteiger partial charge in [0.15, 0.2) is 5.16 Å². The van der Waals surface area contributed by atoms with Gasteiger partial charge in [0.25, 0.3) is 5.56 Å². The number of rotatable bonds is 5. The van der Waals surface area contributed by atoms with Crippen molar-refractivity contribution < 1.29 is 9.53 Å². The van der Waals surface area contributed by atoms with E-state index in [4.69, 9.17) is 11.6 Å². The van der Waals surface area contributed by atoms with Gasteiger partial charge in [-0.1, -0.05) is 29.4 Å². The van der Waals surface area contributed by atoms with Gasteiger partial charge in [0.2, 0.25) is 0 Å². The second-order valence-electron chi connectivity index (χ2n) is 4.13. The lowest BCUT2D eigenvalue weighted by Gasteiger charge is -2.11. The number of benzene rings is 1. The maximum absolute atomic E-state index is 12.5. The molecule has 0 atom stereocenters. The summed E-state index contributed by atoms with van der Waals surface area (Å²) in [5.41, 5.74) is 0.309. The SMILES string of the molecule is C=CCn1c(SCC(=O)OC)nc2cc(Cl)ccc2c1=O. The summed E-state index contributed by atoms with van der Waals surface area (Å²) < 4.78 is 6.06. The molecule has 0 unspecified atom stereocenters. The quantitative estimate of drug-likeness (QED) is 0.366. The maximum Gasteiger partial charge on any atom is 0.316 e. The molecule has 5 nitrogen and oxygen atoms in total. The molecule has 0 saturated carbocycles. The van der Waals surface area contributed by atoms with Crippen molar-refractivity contribution in [1.82, 2.24) is 9.55 Å². The first-order chi connectivity index (χ1) is 10.1. The number of methoxy groups -OCH3 is 1. The fourth-order valence-corrected chi connectivity index (χ4v) is 2.76. The van der Waals surface area contributed by atoms with Crippen LogP contribution in [0, 0.1) is 0 Å². The topological polar surface area (TPSA) is 61.2 Å². The number of allylic oxidation sites excluding steroid dienone is 1. The van der Waals surface area contributed by atoms with E-state index in [-0.39, 0.29) is 17.3 Å². The second-order valence-corrected chi connectivity index (χ2v) is 5.50. The van der Waals surface area contributed by atoms with Crippen molar-refractivity contribution in [3.05, 3.63) is 46.2 Å². The van der Waals surface area contributed by atoms with Gasteiger partial charge in [-0.3, -0.25) is 14.2 Å². The molecule has 0 aliphatic rings. The molecular weight excluding hydrogens is 312 g/mol. The number of nitrogens with zero attached hydrogens (tertiary/aromatic N) is 2. The second kappa shape index (κ2) is 6.78. The molecule has 0 saturated heterocycles. The van der Waals surface area contributed by atoms with Gasteiger partial charge in [-0.05, 0) is 18.2 Å². The zero-order chi connectivity index (χ0) is 15.4. The van der Waals surface area contributed by atoms with Gasteiger partial charge in [0, 0.05) is 11.6 Å². The number of carbonyl (C=O) groups is 1. The Labute approximate surface area is 130 Å². The summed E-state index contributed by atoms with van der Waals surface area (Å²) in [6.07, 6.45) is 1.60. The van der Waals surface area contributed by atoms with E-state index >= 15 is 0 Å². The Kier molecular flexibility index (Phi) is 5.03. The van der Waals surface area contributed by atoms with Crippen LogP contribution in [-0.4, -0.2) is 28.4 Å². The molecule has 1 heterocycles. The molecule has 0 spiro atoms. The van der Waals surface area contributed by atoms with Crippen LogP contribution in [0.15, 0.2) is 40.8 Å². The number of halogens is 1. The Morgan fingerprint density at radius 2 is 2.33 bits per heavy atom. The number of carbonyl (C=O) groups excluding carboxylic acids is 1. The highest BCUT2D eigenvalue weighted by Gasteiger charge is 2.13. The van der Waals surface area contributed by atoms with Crippen LogP contribution in [0.1, 0.15) is 0 Å². The van der Waals surface area contributed by atoms with E-state index in [2.05, 4.69) is 16.3 Å². The summed E-state index contributed by atoms with van der Waals surface area (Å²) in [6.45, 7) is 3.95. The van der Waals surface area contributed by atoms with Crippen LogP contribution >= 0.6 is 23.4 Å². The first-order valence-electron chi connectivity index (χ1n) is 6.07. The van der Waals surface area contributed by atoms with Crippen LogP contribution < -0.4 is 5.56 Å². The number of thioether (sulfide) groups is 1. The Hall–Kier alpha value is -1.79. The molecule has 7 heteroatoms. The molecule has 2 rings (SSSR count). The zero-order valence-electron chi connectivity index (χ0n) is 11.3. The number of ether oxygens (including phenoxy) is 1. The molecule has 0 bridgehead atoms. The van der Waals surface area contributed by atoms with Gasteiger partial charge in [0.05, 0.1) is 23.8 Å². The minimum Gasteiger partial charge on any atom is -0.468 e. The lowest BCUT2D eigenvalue weighted by Crippen LogP contribution is -2.23. The van der Waals surface area contributed by atoms with Crippen LogP contribution in [0.4, 0.5) is 0 Å². The van der Waals surface area contributed by atoms with E-state index in [1.807, 2.05) is 0 Å². The van der Waals surface area contributed by atoms with Crippen molar-refractivity contribution in [2.45, 2.75) is 11.7 Å². The van der Waals surface area contributed by atoms with Crippen LogP contribution in [0.2, 0.25) is 5.02 Å². The zero-order valence-corrected chi connectivity index (χ0v) is 12.9. The normalized spacial score (nSPS) is 10.6. The van der Waals surface area contributed by atoms with Gasteiger partial charge < -0.3 is 4.74 Å². The third kappa shape index (κ3) is 3.46. The smallest absolute Gasteiger partial charge is 0.316 e. The number of hydrogen-bond acceptors (Lipinski definition) is 5. The average molecular weight is 325 g/mol. The summed E-state index contributed by atoms with van der Waals surface area (Å²) in [5, 5.41) is 1.41. The highest BCUT2D eigenvalue weighted by Crippen LogP contribution is 2.20. The van der Waals surface area contributed by atoms with Crippen LogP contribution in [-0.2, 0) is 16.1 Å². The lowest BCUT2D eigenvalue weighted by molar-refractivity contribution is -0.137. The predicted octanol–water partition coefficient (Wildman–Crippen LogP) is 2.50. The molecule has 110 valence electrons. The van der Waals surface area contributed by atoms with Crippen LogP contribution in [0.3, 0.4) is 0 Å². The number of aromatic nitrogens is 2. The summed E-state index contributed by atoms with van der Waals surface area (Å²) >= 11 is 7.07. The largest absolute Gasteiger partial charge is 0.468 e. The summed E-state index contributed by atoms with van der Waals surface area (Å²) in [5.74, 6) is -0.308. The number of esters is 1. The molecule has 1 aromatic carbocycles. The summed E-state index contributed by atoms with van der Waals surface area (Å²) in [4.78, 5) is 28.1. The van der Waals surface area contributed by atoms with E-state index in [9.17, 15) is 9.59 Å². The Morgan fingerprint density at radius 1 is 1.57 bits per heavy atom. The summed E-state index contributed by atoms with van der Waals surface area (Å²) in [7, 11) is 1.31. The van der Waals surface area contributed by atoms with E-state index < -0.39 is 0 Å². The van der Waals surface area contributed by atoms with E-state index in [1.165, 1.54) is 11.7 Å². The Balaban J connectivity index is 2.55. The third-order valence-electron chi connectivity index (χ3n) is 2.74. The van der Waals surface area contributed by atoms with Crippen LogP contribution in [0.5, 0.6) is 0 Å². The van der Waals surface area contributed by atoms with E-state index in [1.54, 1.807) is 24.3 Å². The van der Waals surface area contributed by atoms with Crippen LogP contribution in [0.25, 0.3) is 10.9 Å². The van der Waals surface area contributed by atoms with Gasteiger partial charge in [-0.15, -0.1) is 6.58 Å². The molecule has 1 aromatic heterocycles. The number of fused-ring (bicyclic) bond motifs is 1. The molecule has 0 radical (unpaired) electrons. The Bertz CT molecular complexity index is 758. The van der Waals surface area contributed by atoms with E-state index in [0.717, 1.165) is 11.8 Å². The molecule has 0 amide bonds. The fourth-order valence-electron chi connectivity index (χ4n) is 1.76. The highest BCUT2D eigenvalue weighted by molar-refractivity contribution is 7.99. The molecule has 0 fully saturated rings. The van der Waals surface area contributed by atoms with E-state index in [0.29, 0.717) is 27.6 Å². The van der Waals surface area contributed by atoms with Crippen molar-refractivity contribution >= 4 is 40.2 Å². The maximum atomic E-state index is 12.5. The van der Waals surface area contributed by atoms with Crippen molar-refractivity contribution in [3.63, 3.8) is 0 Å². The van der Waals surface area contributed by atoms with Gasteiger partial charge in [0.1, 0.15) is 0 Å². The van der Waals surface area contributed by atoms with Gasteiger partial charge >= 0.3 is 5.97 Å².